The number of halogens is 1. The van der Waals surface area contributed by atoms with Gasteiger partial charge in [0.2, 0.25) is 0 Å². The van der Waals surface area contributed by atoms with E-state index < -0.39 is 0 Å². The van der Waals surface area contributed by atoms with Gasteiger partial charge >= 0.3 is 0 Å². The first-order chi connectivity index (χ1) is 10.9. The van der Waals surface area contributed by atoms with E-state index in [1.54, 1.807) is 6.07 Å². The van der Waals surface area contributed by atoms with Gasteiger partial charge in [-0.25, -0.2) is 4.39 Å². The maximum absolute atomic E-state index is 13.9. The third-order valence-electron chi connectivity index (χ3n) is 3.30. The molecule has 0 atom stereocenters. The molecule has 3 N–H and O–H groups in total. The number of nitrogens with one attached hydrogen (secondary N) is 1. The number of carbonyl (C=O) groups is 1. The lowest BCUT2D eigenvalue weighted by molar-refractivity contribution is -0.138. The maximum atomic E-state index is 13.9. The van der Waals surface area contributed by atoms with Crippen molar-refractivity contribution in [3.8, 4) is 0 Å². The lowest BCUT2D eigenvalue weighted by atomic mass is 10.1. The van der Waals surface area contributed by atoms with Crippen molar-refractivity contribution in [1.82, 2.24) is 5.32 Å². The monoisotopic (exact) mass is 325 g/mol. The number of rotatable bonds is 4. The van der Waals surface area contributed by atoms with Gasteiger partial charge < -0.3 is 20.7 Å². The maximum Gasteiger partial charge on any atom is 0.293 e. The molecule has 1 saturated heterocycles. The zero-order chi connectivity index (χ0) is 17.3. The lowest BCUT2D eigenvalue weighted by Gasteiger charge is -2.29. The summed E-state index contributed by atoms with van der Waals surface area (Å²) in [4.78, 5) is 11.7. The lowest BCUT2D eigenvalue weighted by Crippen LogP contribution is -2.43. The van der Waals surface area contributed by atoms with Crippen LogP contribution >= 0.6 is 0 Å². The molecule has 6 heteroatoms. The van der Waals surface area contributed by atoms with Crippen LogP contribution in [-0.2, 0) is 16.0 Å². The Morgan fingerprint density at radius 1 is 1.35 bits per heavy atom. The molecule has 5 nitrogen and oxygen atoms in total. The molecule has 0 spiro atoms. The van der Waals surface area contributed by atoms with Gasteiger partial charge in [0.1, 0.15) is 11.4 Å². The van der Waals surface area contributed by atoms with E-state index >= 15 is 0 Å². The molecule has 1 aromatic carbocycles. The van der Waals surface area contributed by atoms with Gasteiger partial charge in [-0.15, -0.1) is 0 Å². The van der Waals surface area contributed by atoms with Crippen LogP contribution in [0, 0.1) is 5.82 Å². The molecule has 0 saturated carbocycles. The minimum Gasteiger partial charge on any atom is -0.462 e. The summed E-state index contributed by atoms with van der Waals surface area (Å²) in [5, 5.41) is 3.25. The number of piperazine rings is 1. The molecule has 0 aromatic heterocycles. The quantitative estimate of drug-likeness (QED) is 0.825. The topological polar surface area (TPSA) is 67.6 Å². The molecule has 23 heavy (non-hydrogen) atoms. The Bertz CT molecular complexity index is 483. The van der Waals surface area contributed by atoms with Gasteiger partial charge in [0.05, 0.1) is 5.69 Å². The van der Waals surface area contributed by atoms with E-state index in [1.165, 1.54) is 0 Å². The summed E-state index contributed by atoms with van der Waals surface area (Å²) in [6, 6.07) is 5.43. The van der Waals surface area contributed by atoms with Gasteiger partial charge in [-0.1, -0.05) is 6.07 Å². The van der Waals surface area contributed by atoms with E-state index in [0.29, 0.717) is 18.7 Å². The fraction of sp³-hybridized carbons (Fsp3) is 0.588. The summed E-state index contributed by atoms with van der Waals surface area (Å²) in [6.07, 6.45) is 0.735. The largest absolute Gasteiger partial charge is 0.462 e. The van der Waals surface area contributed by atoms with Gasteiger partial charge in [0.15, 0.2) is 0 Å². The van der Waals surface area contributed by atoms with Crippen molar-refractivity contribution in [2.45, 2.75) is 32.8 Å². The van der Waals surface area contributed by atoms with E-state index in [0.717, 1.165) is 38.2 Å². The highest BCUT2D eigenvalue weighted by Gasteiger charge is 2.14. The Morgan fingerprint density at radius 2 is 2.00 bits per heavy atom. The Labute approximate surface area is 138 Å². The normalized spacial score (nSPS) is 14.7. The Hall–Kier alpha value is -1.66. The molecule has 1 aliphatic heterocycles. The standard InChI is InChI=1S/C12H18FN3.C5H10O2/c13-11-9-10(3-4-14)1-2-12(11)16-7-5-15-6-8-16;1-5(2,3)7-4-6/h1-2,9,15H,3-8,14H2;4H,1-3H3. The van der Waals surface area contributed by atoms with E-state index in [9.17, 15) is 9.18 Å². The summed E-state index contributed by atoms with van der Waals surface area (Å²) in [5.41, 5.74) is 6.81. The zero-order valence-electron chi connectivity index (χ0n) is 14.3. The van der Waals surface area contributed by atoms with Crippen LogP contribution in [0.4, 0.5) is 10.1 Å². The van der Waals surface area contributed by atoms with E-state index in [-0.39, 0.29) is 11.4 Å². The van der Waals surface area contributed by atoms with Crippen LogP contribution in [0.1, 0.15) is 26.3 Å². The summed E-state index contributed by atoms with van der Waals surface area (Å²) >= 11 is 0. The molecule has 1 fully saturated rings. The van der Waals surface area contributed by atoms with Gasteiger partial charge in [0.25, 0.3) is 6.47 Å². The van der Waals surface area contributed by atoms with Crippen LogP contribution in [0.25, 0.3) is 0 Å². The van der Waals surface area contributed by atoms with Crippen LogP contribution in [0.5, 0.6) is 0 Å². The first kappa shape index (κ1) is 19.4. The van der Waals surface area contributed by atoms with Crippen LogP contribution in [-0.4, -0.2) is 44.8 Å². The number of carbonyl (C=O) groups excluding carboxylic acids is 1. The second-order valence-corrected chi connectivity index (χ2v) is 6.39. The molecule has 0 radical (unpaired) electrons. The predicted molar refractivity (Wildman–Crippen MR) is 91.1 cm³/mol. The Kier molecular flexibility index (Phi) is 7.98. The third kappa shape index (κ3) is 7.43. The molecule has 130 valence electrons. The minimum absolute atomic E-state index is 0.132. The number of benzene rings is 1. The number of hydrogen-bond acceptors (Lipinski definition) is 5. The van der Waals surface area contributed by atoms with Crippen LogP contribution in [0.3, 0.4) is 0 Å². The molecule has 0 bridgehead atoms. The summed E-state index contributed by atoms with van der Waals surface area (Å²) in [6.45, 7) is 10.1. The summed E-state index contributed by atoms with van der Waals surface area (Å²) in [5.74, 6) is -0.132. The van der Waals surface area contributed by atoms with Crippen molar-refractivity contribution < 1.29 is 13.9 Å². The van der Waals surface area contributed by atoms with E-state index in [4.69, 9.17) is 5.73 Å². The number of hydrogen-bond donors (Lipinski definition) is 2. The highest BCUT2D eigenvalue weighted by molar-refractivity contribution is 5.49. The van der Waals surface area contributed by atoms with Crippen molar-refractivity contribution >= 4 is 12.2 Å². The van der Waals surface area contributed by atoms with Crippen LogP contribution in [0.2, 0.25) is 0 Å². The molecule has 0 amide bonds. The van der Waals surface area contributed by atoms with Crippen LogP contribution in [0.15, 0.2) is 18.2 Å². The highest BCUT2D eigenvalue weighted by atomic mass is 19.1. The molecular formula is C17H28FN3O2. The van der Waals surface area contributed by atoms with Crippen molar-refractivity contribution in [3.63, 3.8) is 0 Å². The van der Waals surface area contributed by atoms with Crippen molar-refractivity contribution in [1.29, 1.82) is 0 Å². The summed E-state index contributed by atoms with van der Waals surface area (Å²) in [7, 11) is 0. The second kappa shape index (κ2) is 9.47. The smallest absolute Gasteiger partial charge is 0.293 e. The van der Waals surface area contributed by atoms with E-state index in [2.05, 4.69) is 15.0 Å². The molecule has 1 aliphatic rings. The average molecular weight is 325 g/mol. The molecular weight excluding hydrogens is 297 g/mol. The SMILES string of the molecule is CC(C)(C)OC=O.NCCc1ccc(N2CCNCC2)c(F)c1. The highest BCUT2D eigenvalue weighted by Crippen LogP contribution is 2.21. The average Bonchev–Trinajstić information content (AvgIpc) is 2.48. The number of nitrogens with zero attached hydrogens (tertiary/aromatic N) is 1. The fourth-order valence-electron chi connectivity index (χ4n) is 2.18. The van der Waals surface area contributed by atoms with Gasteiger partial charge in [-0.3, -0.25) is 4.79 Å². The summed E-state index contributed by atoms with van der Waals surface area (Å²) < 4.78 is 18.4. The van der Waals surface area contributed by atoms with Crippen LogP contribution < -0.4 is 16.0 Å². The minimum atomic E-state index is -0.318. The van der Waals surface area contributed by atoms with E-state index in [1.807, 2.05) is 32.9 Å². The van der Waals surface area contributed by atoms with Crippen molar-refractivity contribution in [2.75, 3.05) is 37.6 Å². The van der Waals surface area contributed by atoms with Crippen molar-refractivity contribution in [3.05, 3.63) is 29.6 Å². The third-order valence-corrected chi connectivity index (χ3v) is 3.30. The van der Waals surface area contributed by atoms with Gasteiger partial charge in [-0.2, -0.15) is 0 Å². The Morgan fingerprint density at radius 3 is 2.43 bits per heavy atom. The Balaban J connectivity index is 0.000000322. The first-order valence-corrected chi connectivity index (χ1v) is 7.93. The van der Waals surface area contributed by atoms with Gasteiger partial charge in [0, 0.05) is 26.2 Å². The number of anilines is 1. The second-order valence-electron chi connectivity index (χ2n) is 6.39. The zero-order valence-corrected chi connectivity index (χ0v) is 14.3. The fourth-order valence-corrected chi connectivity index (χ4v) is 2.18. The molecule has 0 aliphatic carbocycles. The number of ether oxygens (including phenoxy) is 1. The first-order valence-electron chi connectivity index (χ1n) is 7.93. The molecule has 0 unspecified atom stereocenters. The molecule has 2 rings (SSSR count). The molecule has 1 aromatic rings. The van der Waals surface area contributed by atoms with Gasteiger partial charge in [-0.05, 0) is 51.4 Å². The number of nitrogens with two attached hydrogens (primary N) is 1. The molecule has 1 heterocycles. The van der Waals surface area contributed by atoms with Crippen molar-refractivity contribution in [2.24, 2.45) is 5.73 Å². The predicted octanol–water partition coefficient (Wildman–Crippen LogP) is 1.69.